The second kappa shape index (κ2) is 3.37. The Labute approximate surface area is 67.6 Å². The van der Waals surface area contributed by atoms with Gasteiger partial charge in [-0.15, -0.1) is 0 Å². The second-order valence-corrected chi connectivity index (χ2v) is 2.71. The molecule has 1 aromatic rings. The zero-order chi connectivity index (χ0) is 8.27. The molecule has 1 rings (SSSR count). The van der Waals surface area contributed by atoms with Gasteiger partial charge >= 0.3 is 0 Å². The standard InChI is InChI=1S/C9H14N2/c1-4-8(2)7-11-6-5-10-9(11)3/h5-6H,2,4,7H2,1,3H3. The highest BCUT2D eigenvalue weighted by molar-refractivity contribution is 4.98. The van der Waals surface area contributed by atoms with E-state index in [2.05, 4.69) is 23.1 Å². The molecule has 0 radical (unpaired) electrons. The van der Waals surface area contributed by atoms with Gasteiger partial charge in [-0.25, -0.2) is 4.98 Å². The van der Waals surface area contributed by atoms with Gasteiger partial charge in [-0.3, -0.25) is 0 Å². The molecular weight excluding hydrogens is 136 g/mol. The molecule has 0 aliphatic heterocycles. The molecule has 0 unspecified atom stereocenters. The number of hydrogen-bond acceptors (Lipinski definition) is 1. The molecule has 0 saturated carbocycles. The number of allylic oxidation sites excluding steroid dienone is 1. The van der Waals surface area contributed by atoms with Gasteiger partial charge in [-0.1, -0.05) is 19.1 Å². The van der Waals surface area contributed by atoms with Crippen molar-refractivity contribution < 1.29 is 0 Å². The first-order valence-corrected chi connectivity index (χ1v) is 3.88. The third-order valence-electron chi connectivity index (χ3n) is 1.82. The average molecular weight is 150 g/mol. The lowest BCUT2D eigenvalue weighted by Gasteiger charge is -2.04. The van der Waals surface area contributed by atoms with E-state index in [4.69, 9.17) is 0 Å². The topological polar surface area (TPSA) is 17.8 Å². The van der Waals surface area contributed by atoms with E-state index in [0.29, 0.717) is 0 Å². The zero-order valence-corrected chi connectivity index (χ0v) is 7.17. The molecule has 0 saturated heterocycles. The lowest BCUT2D eigenvalue weighted by atomic mass is 10.2. The number of rotatable bonds is 3. The van der Waals surface area contributed by atoms with Crippen LogP contribution in [0.3, 0.4) is 0 Å². The minimum Gasteiger partial charge on any atom is -0.331 e. The molecular formula is C9H14N2. The van der Waals surface area contributed by atoms with Gasteiger partial charge in [-0.2, -0.15) is 0 Å². The smallest absolute Gasteiger partial charge is 0.105 e. The van der Waals surface area contributed by atoms with Gasteiger partial charge in [0, 0.05) is 18.9 Å². The van der Waals surface area contributed by atoms with Crippen molar-refractivity contribution in [3.8, 4) is 0 Å². The lowest BCUT2D eigenvalue weighted by Crippen LogP contribution is -2.00. The predicted octanol–water partition coefficient (Wildman–Crippen LogP) is 2.16. The SMILES string of the molecule is C=C(CC)Cn1ccnc1C. The lowest BCUT2D eigenvalue weighted by molar-refractivity contribution is 0.730. The molecule has 2 heteroatoms. The highest BCUT2D eigenvalue weighted by atomic mass is 15.0. The van der Waals surface area contributed by atoms with E-state index < -0.39 is 0 Å². The van der Waals surface area contributed by atoms with Crippen LogP contribution in [0.5, 0.6) is 0 Å². The van der Waals surface area contributed by atoms with Crippen LogP contribution in [-0.2, 0) is 6.54 Å². The molecule has 1 heterocycles. The molecule has 0 amide bonds. The van der Waals surface area contributed by atoms with Crippen LogP contribution in [0.1, 0.15) is 19.2 Å². The largest absolute Gasteiger partial charge is 0.331 e. The van der Waals surface area contributed by atoms with Crippen LogP contribution in [0.2, 0.25) is 0 Å². The number of aromatic nitrogens is 2. The Morgan fingerprint density at radius 3 is 2.91 bits per heavy atom. The maximum Gasteiger partial charge on any atom is 0.105 e. The van der Waals surface area contributed by atoms with Gasteiger partial charge in [0.1, 0.15) is 5.82 Å². The average Bonchev–Trinajstić information content (AvgIpc) is 2.37. The highest BCUT2D eigenvalue weighted by Crippen LogP contribution is 2.03. The van der Waals surface area contributed by atoms with E-state index in [1.807, 2.05) is 19.3 Å². The Kier molecular flexibility index (Phi) is 2.47. The van der Waals surface area contributed by atoms with E-state index in [-0.39, 0.29) is 0 Å². The molecule has 0 spiro atoms. The number of hydrogen-bond donors (Lipinski definition) is 0. The monoisotopic (exact) mass is 150 g/mol. The van der Waals surface area contributed by atoms with Gasteiger partial charge in [0.15, 0.2) is 0 Å². The van der Waals surface area contributed by atoms with Crippen molar-refractivity contribution in [1.29, 1.82) is 0 Å². The fourth-order valence-electron chi connectivity index (χ4n) is 0.924. The summed E-state index contributed by atoms with van der Waals surface area (Å²) >= 11 is 0. The third kappa shape index (κ3) is 1.93. The van der Waals surface area contributed by atoms with Crippen LogP contribution in [0, 0.1) is 6.92 Å². The summed E-state index contributed by atoms with van der Waals surface area (Å²) in [5.74, 6) is 1.06. The maximum atomic E-state index is 4.13. The van der Waals surface area contributed by atoms with Gasteiger partial charge in [0.25, 0.3) is 0 Å². The van der Waals surface area contributed by atoms with Crippen LogP contribution in [-0.4, -0.2) is 9.55 Å². The van der Waals surface area contributed by atoms with E-state index in [9.17, 15) is 0 Å². The van der Waals surface area contributed by atoms with E-state index >= 15 is 0 Å². The van der Waals surface area contributed by atoms with Gasteiger partial charge in [0.2, 0.25) is 0 Å². The quantitative estimate of drug-likeness (QED) is 0.604. The van der Waals surface area contributed by atoms with Crippen molar-refractivity contribution >= 4 is 0 Å². The van der Waals surface area contributed by atoms with Crippen molar-refractivity contribution in [1.82, 2.24) is 9.55 Å². The van der Waals surface area contributed by atoms with Crippen LogP contribution < -0.4 is 0 Å². The molecule has 11 heavy (non-hydrogen) atoms. The van der Waals surface area contributed by atoms with Gasteiger partial charge in [0.05, 0.1) is 0 Å². The highest BCUT2D eigenvalue weighted by Gasteiger charge is 1.96. The fraction of sp³-hybridized carbons (Fsp3) is 0.444. The molecule has 0 aliphatic rings. The zero-order valence-electron chi connectivity index (χ0n) is 7.17. The summed E-state index contributed by atoms with van der Waals surface area (Å²) in [6.45, 7) is 8.97. The Hall–Kier alpha value is -1.05. The van der Waals surface area contributed by atoms with Crippen molar-refractivity contribution in [3.05, 3.63) is 30.4 Å². The summed E-state index contributed by atoms with van der Waals surface area (Å²) in [4.78, 5) is 4.13. The summed E-state index contributed by atoms with van der Waals surface area (Å²) in [7, 11) is 0. The Morgan fingerprint density at radius 1 is 1.73 bits per heavy atom. The first-order chi connectivity index (χ1) is 5.24. The molecule has 1 aromatic heterocycles. The Balaban J connectivity index is 2.64. The fourth-order valence-corrected chi connectivity index (χ4v) is 0.924. The van der Waals surface area contributed by atoms with Crippen LogP contribution in [0.15, 0.2) is 24.5 Å². The molecule has 0 aromatic carbocycles. The number of imidazole rings is 1. The summed E-state index contributed by atoms with van der Waals surface area (Å²) in [5, 5.41) is 0. The van der Waals surface area contributed by atoms with Crippen molar-refractivity contribution in [2.24, 2.45) is 0 Å². The molecule has 0 bridgehead atoms. The Bertz CT molecular complexity index is 248. The molecule has 2 nitrogen and oxygen atoms in total. The normalized spacial score (nSPS) is 10.0. The summed E-state index contributed by atoms with van der Waals surface area (Å²) in [6, 6.07) is 0. The summed E-state index contributed by atoms with van der Waals surface area (Å²) < 4.78 is 2.10. The van der Waals surface area contributed by atoms with Crippen LogP contribution >= 0.6 is 0 Å². The first-order valence-electron chi connectivity index (χ1n) is 3.88. The molecule has 0 aliphatic carbocycles. The molecule has 0 N–H and O–H groups in total. The van der Waals surface area contributed by atoms with Crippen molar-refractivity contribution in [3.63, 3.8) is 0 Å². The van der Waals surface area contributed by atoms with Crippen molar-refractivity contribution in [2.75, 3.05) is 0 Å². The van der Waals surface area contributed by atoms with E-state index in [1.54, 1.807) is 0 Å². The summed E-state index contributed by atoms with van der Waals surface area (Å²) in [5.41, 5.74) is 1.24. The molecule has 60 valence electrons. The van der Waals surface area contributed by atoms with Gasteiger partial charge < -0.3 is 4.57 Å². The molecule has 0 fully saturated rings. The number of aryl methyl sites for hydroxylation is 1. The maximum absolute atomic E-state index is 4.13. The molecule has 0 atom stereocenters. The number of nitrogens with zero attached hydrogens (tertiary/aromatic N) is 2. The Morgan fingerprint density at radius 2 is 2.45 bits per heavy atom. The third-order valence-corrected chi connectivity index (χ3v) is 1.82. The second-order valence-electron chi connectivity index (χ2n) is 2.71. The van der Waals surface area contributed by atoms with Gasteiger partial charge in [-0.05, 0) is 13.3 Å². The van der Waals surface area contributed by atoms with E-state index in [1.165, 1.54) is 5.57 Å². The van der Waals surface area contributed by atoms with Crippen LogP contribution in [0.25, 0.3) is 0 Å². The first kappa shape index (κ1) is 8.05. The summed E-state index contributed by atoms with van der Waals surface area (Å²) in [6.07, 6.45) is 4.84. The minimum absolute atomic E-state index is 0.905. The predicted molar refractivity (Wildman–Crippen MR) is 46.4 cm³/mol. The van der Waals surface area contributed by atoms with E-state index in [0.717, 1.165) is 18.8 Å². The minimum atomic E-state index is 0.905. The van der Waals surface area contributed by atoms with Crippen molar-refractivity contribution in [2.45, 2.75) is 26.8 Å². The van der Waals surface area contributed by atoms with Crippen LogP contribution in [0.4, 0.5) is 0 Å².